The van der Waals surface area contributed by atoms with Crippen LogP contribution in [-0.2, 0) is 0 Å². The lowest BCUT2D eigenvalue weighted by Gasteiger charge is -1.78. The fourth-order valence-corrected chi connectivity index (χ4v) is 0.909. The highest BCUT2D eigenvalue weighted by Gasteiger charge is 2.03. The van der Waals surface area contributed by atoms with Gasteiger partial charge in [-0.3, -0.25) is 0 Å². The fourth-order valence-electron chi connectivity index (χ4n) is 0.764. The van der Waals surface area contributed by atoms with Gasteiger partial charge in [0.15, 0.2) is 11.6 Å². The second-order valence-electron chi connectivity index (χ2n) is 2.80. The van der Waals surface area contributed by atoms with Gasteiger partial charge in [0.2, 0.25) is 0 Å². The summed E-state index contributed by atoms with van der Waals surface area (Å²) in [5.41, 5.74) is 10.5. The van der Waals surface area contributed by atoms with Crippen molar-refractivity contribution in [3.8, 4) is 0 Å². The summed E-state index contributed by atoms with van der Waals surface area (Å²) in [6, 6.07) is 1.67. The van der Waals surface area contributed by atoms with Crippen molar-refractivity contribution in [2.24, 2.45) is 0 Å². The van der Waals surface area contributed by atoms with Crippen LogP contribution in [0.2, 0.25) is 0 Å². The van der Waals surface area contributed by atoms with Crippen molar-refractivity contribution in [1.29, 1.82) is 0 Å². The summed E-state index contributed by atoms with van der Waals surface area (Å²) in [6.45, 7) is 3.58. The van der Waals surface area contributed by atoms with E-state index in [1.807, 2.05) is 0 Å². The molecule has 4 N–H and O–H groups in total. The van der Waals surface area contributed by atoms with Gasteiger partial charge in [-0.1, -0.05) is 10.3 Å². The number of rotatable bonds is 0. The van der Waals surface area contributed by atoms with Crippen LogP contribution in [0.1, 0.15) is 11.5 Å². The first-order valence-electron chi connectivity index (χ1n) is 4.06. The molecule has 6 nitrogen and oxygen atoms in total. The zero-order chi connectivity index (χ0) is 11.4. The van der Waals surface area contributed by atoms with Crippen LogP contribution in [0.15, 0.2) is 19.6 Å². The molecule has 2 rings (SSSR count). The fraction of sp³-hybridized carbons (Fsp3) is 0.250. The van der Waals surface area contributed by atoms with Crippen molar-refractivity contribution in [1.82, 2.24) is 10.3 Å². The Morgan fingerprint density at radius 2 is 1.87 bits per heavy atom. The SMILES string of the molecule is Cc1cc(N)no1.Cc1onc(N)c1Br. The first-order chi connectivity index (χ1) is 7.00. The largest absolute Gasteiger partial charge is 0.381 e. The van der Waals surface area contributed by atoms with Crippen LogP contribution >= 0.6 is 15.9 Å². The van der Waals surface area contributed by atoms with E-state index in [1.165, 1.54) is 0 Å². The van der Waals surface area contributed by atoms with E-state index in [9.17, 15) is 0 Å². The van der Waals surface area contributed by atoms with Crippen molar-refractivity contribution < 1.29 is 9.05 Å². The van der Waals surface area contributed by atoms with Gasteiger partial charge in [0, 0.05) is 6.07 Å². The Hall–Kier alpha value is -1.50. The average molecular weight is 275 g/mol. The molecule has 0 saturated carbocycles. The maximum Gasteiger partial charge on any atom is 0.181 e. The second kappa shape index (κ2) is 4.83. The zero-order valence-corrected chi connectivity index (χ0v) is 9.91. The molecule has 2 heterocycles. The van der Waals surface area contributed by atoms with E-state index in [2.05, 4.69) is 35.3 Å². The van der Waals surface area contributed by atoms with E-state index < -0.39 is 0 Å². The minimum Gasteiger partial charge on any atom is -0.381 e. The number of hydrogen-bond acceptors (Lipinski definition) is 6. The van der Waals surface area contributed by atoms with Crippen LogP contribution in [0, 0.1) is 13.8 Å². The summed E-state index contributed by atoms with van der Waals surface area (Å²) in [4.78, 5) is 0. The van der Waals surface area contributed by atoms with Crippen molar-refractivity contribution in [3.05, 3.63) is 22.1 Å². The Balaban J connectivity index is 0.000000151. The number of aromatic nitrogens is 2. The minimum atomic E-state index is 0.405. The molecule has 2 aromatic heterocycles. The lowest BCUT2D eigenvalue weighted by atomic mass is 10.5. The number of aryl methyl sites for hydroxylation is 2. The third-order valence-corrected chi connectivity index (χ3v) is 2.43. The number of anilines is 2. The molecule has 0 aliphatic carbocycles. The summed E-state index contributed by atoms with van der Waals surface area (Å²) in [6.07, 6.45) is 0. The van der Waals surface area contributed by atoms with Gasteiger partial charge in [-0.2, -0.15) is 0 Å². The van der Waals surface area contributed by atoms with Crippen molar-refractivity contribution in [2.45, 2.75) is 13.8 Å². The van der Waals surface area contributed by atoms with Gasteiger partial charge >= 0.3 is 0 Å². The molecule has 15 heavy (non-hydrogen) atoms. The van der Waals surface area contributed by atoms with Crippen LogP contribution in [-0.4, -0.2) is 10.3 Å². The molecule has 0 aliphatic rings. The van der Waals surface area contributed by atoms with E-state index >= 15 is 0 Å². The molecule has 0 saturated heterocycles. The molecule has 0 aromatic carbocycles. The van der Waals surface area contributed by atoms with Gasteiger partial charge in [-0.05, 0) is 29.8 Å². The lowest BCUT2D eigenvalue weighted by molar-refractivity contribution is 0.399. The monoisotopic (exact) mass is 274 g/mol. The summed E-state index contributed by atoms with van der Waals surface area (Å²) < 4.78 is 10.0. The molecule has 7 heteroatoms. The summed E-state index contributed by atoms with van der Waals surface area (Å²) >= 11 is 3.17. The highest BCUT2D eigenvalue weighted by Crippen LogP contribution is 2.21. The molecule has 0 unspecified atom stereocenters. The van der Waals surface area contributed by atoms with E-state index in [-0.39, 0.29) is 0 Å². The molecule has 0 fully saturated rings. The van der Waals surface area contributed by atoms with Crippen molar-refractivity contribution in [2.75, 3.05) is 11.5 Å². The molecule has 0 radical (unpaired) electrons. The van der Waals surface area contributed by atoms with Crippen molar-refractivity contribution in [3.63, 3.8) is 0 Å². The number of halogens is 1. The van der Waals surface area contributed by atoms with Gasteiger partial charge in [-0.25, -0.2) is 0 Å². The van der Waals surface area contributed by atoms with E-state index in [0.717, 1.165) is 10.2 Å². The maximum absolute atomic E-state index is 5.29. The van der Waals surface area contributed by atoms with Crippen molar-refractivity contribution >= 4 is 27.6 Å². The van der Waals surface area contributed by atoms with Gasteiger partial charge in [-0.15, -0.1) is 0 Å². The quantitative estimate of drug-likeness (QED) is 0.760. The third-order valence-electron chi connectivity index (χ3n) is 1.46. The molecular weight excluding hydrogens is 264 g/mol. The Labute approximate surface area is 94.7 Å². The average Bonchev–Trinajstić information content (AvgIpc) is 2.68. The number of hydrogen-bond donors (Lipinski definition) is 2. The number of nitrogen functional groups attached to an aromatic ring is 2. The Kier molecular flexibility index (Phi) is 3.73. The summed E-state index contributed by atoms with van der Waals surface area (Å²) in [7, 11) is 0. The molecule has 0 bridgehead atoms. The Bertz CT molecular complexity index is 402. The molecular formula is C8H11BrN4O2. The van der Waals surface area contributed by atoms with Gasteiger partial charge in [0.05, 0.1) is 0 Å². The summed E-state index contributed by atoms with van der Waals surface area (Å²) in [5.74, 6) is 2.31. The topological polar surface area (TPSA) is 104 Å². The van der Waals surface area contributed by atoms with Gasteiger partial charge < -0.3 is 20.5 Å². The van der Waals surface area contributed by atoms with Crippen LogP contribution in [0.25, 0.3) is 0 Å². The van der Waals surface area contributed by atoms with Crippen LogP contribution in [0.4, 0.5) is 11.6 Å². The Morgan fingerprint density at radius 1 is 1.20 bits per heavy atom. The molecule has 2 aromatic rings. The number of nitrogens with zero attached hydrogens (tertiary/aromatic N) is 2. The minimum absolute atomic E-state index is 0.405. The standard InChI is InChI=1S/C4H5BrN2O.C4H6N2O/c1-2-3(5)4(6)7-8-2;1-3-2-4(5)6-7-3/h1H3,(H2,6,7);2H,1H3,(H2,5,6). The van der Waals surface area contributed by atoms with E-state index in [4.69, 9.17) is 11.5 Å². The molecule has 0 atom stereocenters. The highest BCUT2D eigenvalue weighted by atomic mass is 79.9. The van der Waals surface area contributed by atoms with E-state index in [0.29, 0.717) is 17.4 Å². The zero-order valence-electron chi connectivity index (χ0n) is 8.32. The Morgan fingerprint density at radius 3 is 2.00 bits per heavy atom. The first-order valence-corrected chi connectivity index (χ1v) is 4.86. The molecule has 82 valence electrons. The highest BCUT2D eigenvalue weighted by molar-refractivity contribution is 9.10. The third kappa shape index (κ3) is 3.28. The lowest BCUT2D eigenvalue weighted by Crippen LogP contribution is -1.82. The smallest absolute Gasteiger partial charge is 0.181 e. The predicted octanol–water partition coefficient (Wildman–Crippen LogP) is 1.89. The second-order valence-corrected chi connectivity index (χ2v) is 3.59. The van der Waals surface area contributed by atoms with Crippen LogP contribution in [0.5, 0.6) is 0 Å². The molecule has 0 spiro atoms. The molecule has 0 aliphatic heterocycles. The first kappa shape index (κ1) is 11.6. The maximum atomic E-state index is 5.29. The van der Waals surface area contributed by atoms with E-state index in [1.54, 1.807) is 19.9 Å². The summed E-state index contributed by atoms with van der Waals surface area (Å²) in [5, 5.41) is 6.89. The van der Waals surface area contributed by atoms with Gasteiger partial charge in [0.1, 0.15) is 16.0 Å². The predicted molar refractivity (Wildman–Crippen MR) is 59.0 cm³/mol. The number of nitrogens with two attached hydrogens (primary N) is 2. The van der Waals surface area contributed by atoms with Crippen LogP contribution < -0.4 is 11.5 Å². The van der Waals surface area contributed by atoms with Crippen LogP contribution in [0.3, 0.4) is 0 Å². The normalized spacial score (nSPS) is 9.53. The van der Waals surface area contributed by atoms with Gasteiger partial charge in [0.25, 0.3) is 0 Å². The molecule has 0 amide bonds.